The predicted molar refractivity (Wildman–Crippen MR) is 20.8 cm³/mol. The van der Waals surface area contributed by atoms with Crippen LogP contribution in [-0.2, 0) is 16.5 Å². The predicted octanol–water partition coefficient (Wildman–Crippen LogP) is 2.15. The molecular weight excluding hydrogens is 177 g/mol. The van der Waals surface area contributed by atoms with E-state index in [0.717, 1.165) is 0 Å². The monoisotopic (exact) mass is 175 g/mol. The Labute approximate surface area is 55.7 Å². The van der Waals surface area contributed by atoms with Crippen molar-refractivity contribution in [1.82, 2.24) is 0 Å². The van der Waals surface area contributed by atoms with Gasteiger partial charge in [-0.25, -0.2) is 0 Å². The third-order valence-corrected chi connectivity index (χ3v) is 0. The van der Waals surface area contributed by atoms with E-state index in [9.17, 15) is 0 Å². The summed E-state index contributed by atoms with van der Waals surface area (Å²) >= 11 is 14.2. The van der Waals surface area contributed by atoms with Crippen LogP contribution in [0.3, 0.4) is 0 Å². The van der Waals surface area contributed by atoms with Crippen LogP contribution in [0, 0.1) is 4.30 Å². The molecule has 5 heavy (non-hydrogen) atoms. The average Bonchev–Trinajstić information content (AvgIpc) is 0.811. The van der Waals surface area contributed by atoms with Gasteiger partial charge in [-0.05, 0) is 0 Å². The first-order valence-electron chi connectivity index (χ1n) is 0.567. The molecule has 0 rings (SSSR count). The van der Waals surface area contributed by atoms with Gasteiger partial charge in [0.15, 0.2) is 0 Å². The molecule has 36 valence electrons. The van der Waals surface area contributed by atoms with E-state index in [2.05, 4.69) is 0 Å². The molecule has 0 amide bonds. The summed E-state index contributed by atoms with van der Waals surface area (Å²) in [6.45, 7) is 0. The van der Waals surface area contributed by atoms with Crippen molar-refractivity contribution in [2.45, 2.75) is 0 Å². The van der Waals surface area contributed by atoms with E-state index in [-0.39, 0.29) is 20.8 Å². The first kappa shape index (κ1) is 9.61. The van der Waals surface area contributed by atoms with Crippen molar-refractivity contribution in [3.05, 3.63) is 4.30 Å². The molecule has 0 aliphatic heterocycles. The normalized spacial score (nSPS) is 7.20. The largest absolute Gasteiger partial charge is 0.312 e. The van der Waals surface area contributed by atoms with Crippen molar-refractivity contribution >= 4 is 34.8 Å². The third kappa shape index (κ3) is 32.6. The van der Waals surface area contributed by atoms with Gasteiger partial charge < -0.3 is 34.8 Å². The van der Waals surface area contributed by atoms with Gasteiger partial charge in [0.25, 0.3) is 0 Å². The second kappa shape index (κ2) is 5.36. The average molecular weight is 177 g/mol. The summed E-state index contributed by atoms with van der Waals surface area (Å²) in [6.07, 6.45) is 0. The van der Waals surface area contributed by atoms with E-state index in [1.165, 1.54) is 0 Å². The van der Waals surface area contributed by atoms with Crippen molar-refractivity contribution < 1.29 is 16.5 Å². The zero-order valence-electron chi connectivity index (χ0n) is 1.95. The van der Waals surface area contributed by atoms with Crippen molar-refractivity contribution in [3.8, 4) is 0 Å². The Morgan fingerprint density at radius 1 is 1.00 bits per heavy atom. The Morgan fingerprint density at radius 3 is 1.00 bits per heavy atom. The molecule has 0 N–H and O–H groups in total. The van der Waals surface area contributed by atoms with Crippen molar-refractivity contribution in [2.24, 2.45) is 0 Å². The third-order valence-electron chi connectivity index (χ3n) is 0. The zero-order chi connectivity index (χ0) is 3.58. The zero-order valence-corrected chi connectivity index (χ0v) is 5.21. The Balaban J connectivity index is 0. The Hall–Kier alpha value is 1.36. The van der Waals surface area contributed by atoms with Gasteiger partial charge in [0, 0.05) is 16.5 Å². The fourth-order valence-electron chi connectivity index (χ4n) is 0. The van der Waals surface area contributed by atoms with E-state index in [1.807, 2.05) is 0 Å². The van der Waals surface area contributed by atoms with Crippen molar-refractivity contribution in [1.29, 1.82) is 0 Å². The van der Waals surface area contributed by atoms with Gasteiger partial charge in [-0.3, -0.25) is 0 Å². The van der Waals surface area contributed by atoms with Gasteiger partial charge in [-0.2, -0.15) is 0 Å². The van der Waals surface area contributed by atoms with Crippen LogP contribution in [0.1, 0.15) is 0 Å². The summed E-state index contributed by atoms with van der Waals surface area (Å²) in [5, 5.41) is 0. The van der Waals surface area contributed by atoms with Gasteiger partial charge in [0.2, 0.25) is 0 Å². The van der Waals surface area contributed by atoms with Gasteiger partial charge in [-0.1, -0.05) is 4.30 Å². The van der Waals surface area contributed by atoms with Crippen LogP contribution in [0.5, 0.6) is 0 Å². The van der Waals surface area contributed by atoms with Gasteiger partial charge in [0.05, 0.1) is 0 Å². The number of hydrogen-bond donors (Lipinski definition) is 0. The number of halogens is 3. The second-order valence-electron chi connectivity index (χ2n) is 0.214. The fourth-order valence-corrected chi connectivity index (χ4v) is 0. The maximum absolute atomic E-state index is 4.72. The second-order valence-corrected chi connectivity index (χ2v) is 1.93. The van der Waals surface area contributed by atoms with Crippen LogP contribution in [0.15, 0.2) is 0 Å². The Kier molecular flexibility index (Phi) is 10.3. The van der Waals surface area contributed by atoms with Gasteiger partial charge in [-0.15, -0.1) is 0 Å². The minimum atomic E-state index is -0.167. The Morgan fingerprint density at radius 2 is 1.00 bits per heavy atom. The molecule has 0 aromatic rings. The maximum Gasteiger partial charge on any atom is 0 e. The first-order chi connectivity index (χ1) is 1.73. The minimum Gasteiger partial charge on any atom is -0.312 e. The summed E-state index contributed by atoms with van der Waals surface area (Å²) < 4.78 is -0.167. The summed E-state index contributed by atoms with van der Waals surface area (Å²) in [7, 11) is 0. The van der Waals surface area contributed by atoms with Crippen molar-refractivity contribution in [2.75, 3.05) is 0 Å². The summed E-state index contributed by atoms with van der Waals surface area (Å²) in [5.74, 6) is 0. The van der Waals surface area contributed by atoms with E-state index < -0.39 is 0 Å². The molecule has 0 aliphatic rings. The molecule has 0 aromatic heterocycles. The fraction of sp³-hybridized carbons (Fsp3) is 0. The molecule has 0 spiro atoms. The molecule has 0 bridgehead atoms. The van der Waals surface area contributed by atoms with Crippen molar-refractivity contribution in [3.63, 3.8) is 0 Å². The summed E-state index contributed by atoms with van der Waals surface area (Å²) in [6, 6.07) is 0. The van der Waals surface area contributed by atoms with Crippen LogP contribution in [0.25, 0.3) is 0 Å². The molecule has 4 heteroatoms. The standard InChI is InChI=1S/CCl3.Ni/c2-1(3)4;/q-1;. The molecule has 0 fully saturated rings. The van der Waals surface area contributed by atoms with Gasteiger partial charge >= 0.3 is 0 Å². The maximum atomic E-state index is 4.72. The molecule has 0 nitrogen and oxygen atoms in total. The minimum absolute atomic E-state index is 0. The summed E-state index contributed by atoms with van der Waals surface area (Å²) in [5.41, 5.74) is 0. The number of rotatable bonds is 0. The van der Waals surface area contributed by atoms with Crippen LogP contribution < -0.4 is 0 Å². The van der Waals surface area contributed by atoms with Crippen LogP contribution in [-0.4, -0.2) is 0 Å². The molecule has 0 aliphatic carbocycles. The molecule has 0 saturated carbocycles. The van der Waals surface area contributed by atoms with Crippen LogP contribution in [0.2, 0.25) is 0 Å². The molecule has 0 radical (unpaired) electrons. The SMILES string of the molecule is Cl[C-](Cl)Cl.[Ni]. The topological polar surface area (TPSA) is 0 Å². The van der Waals surface area contributed by atoms with E-state index in [1.54, 1.807) is 0 Å². The summed E-state index contributed by atoms with van der Waals surface area (Å²) in [4.78, 5) is 0. The van der Waals surface area contributed by atoms with E-state index >= 15 is 0 Å². The molecule has 0 saturated heterocycles. The smallest absolute Gasteiger partial charge is 0 e. The van der Waals surface area contributed by atoms with Gasteiger partial charge in [0.1, 0.15) is 0 Å². The number of hydrogen-bond acceptors (Lipinski definition) is 0. The van der Waals surface area contributed by atoms with Crippen LogP contribution in [0.4, 0.5) is 0 Å². The molecule has 0 atom stereocenters. The van der Waals surface area contributed by atoms with E-state index in [4.69, 9.17) is 34.8 Å². The molecule has 0 aromatic carbocycles. The quantitative estimate of drug-likeness (QED) is 0.392. The molecule has 0 unspecified atom stereocenters. The van der Waals surface area contributed by atoms with E-state index in [0.29, 0.717) is 0 Å². The molecular formula is CCl3Ni-. The Bertz CT molecular complexity index is 11.6. The first-order valence-corrected chi connectivity index (χ1v) is 1.70. The van der Waals surface area contributed by atoms with Crippen LogP contribution >= 0.6 is 34.8 Å². The molecule has 0 heterocycles.